The Balaban J connectivity index is 3.01. The van der Waals surface area contributed by atoms with Crippen LogP contribution in [0.15, 0.2) is 18.3 Å². The van der Waals surface area contributed by atoms with E-state index in [4.69, 9.17) is 5.73 Å². The van der Waals surface area contributed by atoms with Crippen LogP contribution < -0.4 is 10.2 Å². The molecule has 1 rings (SSSR count). The first-order valence-electron chi connectivity index (χ1n) is 2.74. The number of rotatable bonds is 1. The summed E-state index contributed by atoms with van der Waals surface area (Å²) in [7, 11) is 0. The van der Waals surface area contributed by atoms with Crippen LogP contribution in [0.2, 0.25) is 0 Å². The molecule has 0 aromatic carbocycles. The first-order chi connectivity index (χ1) is 4.34. The Morgan fingerprint density at radius 1 is 1.67 bits per heavy atom. The fourth-order valence-corrected chi connectivity index (χ4v) is 1.25. The van der Waals surface area contributed by atoms with Crippen molar-refractivity contribution in [2.45, 2.75) is 6.54 Å². The van der Waals surface area contributed by atoms with E-state index < -0.39 is 0 Å². The summed E-state index contributed by atoms with van der Waals surface area (Å²) in [6, 6.07) is 3.91. The third-order valence-electron chi connectivity index (χ3n) is 1.15. The van der Waals surface area contributed by atoms with Crippen LogP contribution in [0.4, 0.5) is 0 Å². The van der Waals surface area contributed by atoms with Gasteiger partial charge in [-0.05, 0) is 0 Å². The van der Waals surface area contributed by atoms with Gasteiger partial charge in [-0.1, -0.05) is 0 Å². The molecule has 3 heteroatoms. The zero-order valence-electron chi connectivity index (χ0n) is 5.04. The second-order valence-electron chi connectivity index (χ2n) is 1.75. The van der Waals surface area contributed by atoms with Gasteiger partial charge in [0.05, 0.1) is 0 Å². The van der Waals surface area contributed by atoms with Gasteiger partial charge in [-0.25, -0.2) is 0 Å². The normalized spacial score (nSPS) is 9.56. The number of hydrogen-bond donors (Lipinski definition) is 1. The summed E-state index contributed by atoms with van der Waals surface area (Å²) in [5, 5.41) is 0. The van der Waals surface area contributed by atoms with Crippen LogP contribution in [0.1, 0.15) is 5.56 Å². The number of hydrogen-bond acceptors (Lipinski definition) is 2. The van der Waals surface area contributed by atoms with Gasteiger partial charge in [-0.3, -0.25) is 0 Å². The molecule has 2 nitrogen and oxygen atoms in total. The van der Waals surface area contributed by atoms with Crippen LogP contribution >= 0.6 is 0 Å². The zero-order chi connectivity index (χ0) is 6.69. The average molecular weight is 184 g/mol. The molecular formula is C6H9AsN2. The number of aromatic nitrogens is 1. The van der Waals surface area contributed by atoms with Crippen molar-refractivity contribution in [3.8, 4) is 0 Å². The average Bonchev–Trinajstić information content (AvgIpc) is 1.89. The van der Waals surface area contributed by atoms with Crippen molar-refractivity contribution >= 4 is 21.3 Å². The topological polar surface area (TPSA) is 38.9 Å². The van der Waals surface area contributed by atoms with Crippen molar-refractivity contribution in [1.82, 2.24) is 4.98 Å². The summed E-state index contributed by atoms with van der Waals surface area (Å²) < 4.78 is 1.09. The molecule has 1 aromatic heterocycles. The van der Waals surface area contributed by atoms with E-state index in [2.05, 4.69) is 4.98 Å². The first-order valence-corrected chi connectivity index (χ1v) is 3.95. The van der Waals surface area contributed by atoms with Gasteiger partial charge in [0, 0.05) is 0 Å². The van der Waals surface area contributed by atoms with E-state index in [0.717, 1.165) is 10.0 Å². The first kappa shape index (κ1) is 6.78. The van der Waals surface area contributed by atoms with Crippen LogP contribution in [-0.4, -0.2) is 21.8 Å². The van der Waals surface area contributed by atoms with Crippen LogP contribution in [0, 0.1) is 0 Å². The minimum absolute atomic E-state index is 0.599. The Bertz CT molecular complexity index is 200. The Hall–Kier alpha value is -0.332. The molecule has 0 saturated heterocycles. The second kappa shape index (κ2) is 3.00. The number of pyridine rings is 1. The van der Waals surface area contributed by atoms with Gasteiger partial charge >= 0.3 is 62.5 Å². The van der Waals surface area contributed by atoms with Crippen molar-refractivity contribution in [2.24, 2.45) is 5.73 Å². The molecule has 0 radical (unpaired) electrons. The van der Waals surface area contributed by atoms with Crippen LogP contribution in [0.5, 0.6) is 0 Å². The van der Waals surface area contributed by atoms with Gasteiger partial charge in [-0.2, -0.15) is 0 Å². The molecule has 0 spiro atoms. The summed E-state index contributed by atoms with van der Waals surface area (Å²) in [4.78, 5) is 4.10. The predicted octanol–water partition coefficient (Wildman–Crippen LogP) is -1.20. The van der Waals surface area contributed by atoms with Gasteiger partial charge in [0.2, 0.25) is 0 Å². The summed E-state index contributed by atoms with van der Waals surface area (Å²) >= 11 is 1.53. The molecule has 1 atom stereocenters. The molecule has 0 saturated carbocycles. The quantitative estimate of drug-likeness (QED) is 0.557. The SMILES string of the molecule is NCc1cccnc1[AsH2]. The Morgan fingerprint density at radius 3 is 2.89 bits per heavy atom. The van der Waals surface area contributed by atoms with Crippen LogP contribution in [0.3, 0.4) is 0 Å². The Morgan fingerprint density at radius 2 is 2.44 bits per heavy atom. The summed E-state index contributed by atoms with van der Waals surface area (Å²) in [6.07, 6.45) is 1.79. The van der Waals surface area contributed by atoms with Crippen molar-refractivity contribution in [3.63, 3.8) is 0 Å². The van der Waals surface area contributed by atoms with E-state index in [1.807, 2.05) is 12.1 Å². The standard InChI is InChI=1S/C6H9AsN2/c7-6-5(4-8)2-1-3-9-6/h1-3H,4,7-8H2. The van der Waals surface area contributed by atoms with Gasteiger partial charge in [-0.15, -0.1) is 0 Å². The predicted molar refractivity (Wildman–Crippen MR) is 40.3 cm³/mol. The Kier molecular flexibility index (Phi) is 2.26. The summed E-state index contributed by atoms with van der Waals surface area (Å²) in [6.45, 7) is 0.599. The van der Waals surface area contributed by atoms with Crippen molar-refractivity contribution < 1.29 is 0 Å². The third-order valence-corrected chi connectivity index (χ3v) is 2.24. The molecule has 0 aliphatic rings. The minimum atomic E-state index is 0.599. The van der Waals surface area contributed by atoms with E-state index in [0.29, 0.717) is 6.54 Å². The van der Waals surface area contributed by atoms with E-state index >= 15 is 0 Å². The number of nitrogens with two attached hydrogens (primary N) is 1. The molecule has 0 fully saturated rings. The molecule has 2 N–H and O–H groups in total. The zero-order valence-corrected chi connectivity index (χ0v) is 7.46. The summed E-state index contributed by atoms with van der Waals surface area (Å²) in [5.41, 5.74) is 6.57. The molecule has 0 aliphatic heterocycles. The molecular weight excluding hydrogens is 175 g/mol. The van der Waals surface area contributed by atoms with Crippen molar-refractivity contribution in [1.29, 1.82) is 0 Å². The van der Waals surface area contributed by atoms with Crippen molar-refractivity contribution in [2.75, 3.05) is 0 Å². The maximum absolute atomic E-state index is 5.42. The van der Waals surface area contributed by atoms with E-state index in [9.17, 15) is 0 Å². The van der Waals surface area contributed by atoms with Crippen LogP contribution in [0.25, 0.3) is 0 Å². The molecule has 1 aromatic rings. The van der Waals surface area contributed by atoms with E-state index in [-0.39, 0.29) is 0 Å². The van der Waals surface area contributed by atoms with Gasteiger partial charge in [0.1, 0.15) is 0 Å². The van der Waals surface area contributed by atoms with Crippen molar-refractivity contribution in [3.05, 3.63) is 23.9 Å². The van der Waals surface area contributed by atoms with E-state index in [1.54, 1.807) is 6.20 Å². The van der Waals surface area contributed by atoms with E-state index in [1.165, 1.54) is 16.9 Å². The molecule has 1 heterocycles. The fraction of sp³-hybridized carbons (Fsp3) is 0.167. The molecule has 0 amide bonds. The van der Waals surface area contributed by atoms with Gasteiger partial charge in [0.15, 0.2) is 0 Å². The van der Waals surface area contributed by atoms with Gasteiger partial charge in [0.25, 0.3) is 0 Å². The van der Waals surface area contributed by atoms with Gasteiger partial charge < -0.3 is 0 Å². The second-order valence-corrected chi connectivity index (χ2v) is 2.90. The summed E-state index contributed by atoms with van der Waals surface area (Å²) in [5.74, 6) is 0. The molecule has 0 aliphatic carbocycles. The third kappa shape index (κ3) is 1.54. The Labute approximate surface area is 63.0 Å². The fourth-order valence-electron chi connectivity index (χ4n) is 0.623. The molecule has 9 heavy (non-hydrogen) atoms. The molecule has 0 bridgehead atoms. The maximum atomic E-state index is 5.42. The molecule has 1 unspecified atom stereocenters. The molecule has 48 valence electrons. The van der Waals surface area contributed by atoms with Crippen LogP contribution in [-0.2, 0) is 6.54 Å². The number of nitrogens with zero attached hydrogens (tertiary/aromatic N) is 1. The monoisotopic (exact) mass is 184 g/mol.